The summed E-state index contributed by atoms with van der Waals surface area (Å²) in [7, 11) is 0. The van der Waals surface area contributed by atoms with Gasteiger partial charge in [0.1, 0.15) is 5.60 Å². The number of carbonyl (C=O) groups is 2. The molecular weight excluding hydrogens is 334 g/mol. The third-order valence-corrected chi connectivity index (χ3v) is 4.64. The lowest BCUT2D eigenvalue weighted by molar-refractivity contribution is -0.127. The van der Waals surface area contributed by atoms with Crippen LogP contribution in [0.3, 0.4) is 0 Å². The van der Waals surface area contributed by atoms with E-state index in [-0.39, 0.29) is 17.9 Å². The molecule has 0 aromatic carbocycles. The third-order valence-electron chi connectivity index (χ3n) is 4.64. The van der Waals surface area contributed by atoms with Crippen molar-refractivity contribution in [2.45, 2.75) is 52.1 Å². The largest absolute Gasteiger partial charge is 0.444 e. The van der Waals surface area contributed by atoms with Gasteiger partial charge < -0.3 is 25.6 Å². The van der Waals surface area contributed by atoms with E-state index >= 15 is 0 Å². The predicted octanol–water partition coefficient (Wildman–Crippen LogP) is 1.16. The monoisotopic (exact) mass is 367 g/mol. The minimum Gasteiger partial charge on any atom is -0.444 e. The Kier molecular flexibility index (Phi) is 7.11. The number of rotatable bonds is 5. The van der Waals surface area contributed by atoms with Gasteiger partial charge in [-0.2, -0.15) is 0 Å². The first-order chi connectivity index (χ1) is 12.3. The molecule has 0 bridgehead atoms. The second kappa shape index (κ2) is 9.09. The van der Waals surface area contributed by atoms with Gasteiger partial charge in [0.15, 0.2) is 5.96 Å². The van der Waals surface area contributed by atoms with Crippen LogP contribution in [0.25, 0.3) is 0 Å². The number of guanidine groups is 1. The first kappa shape index (κ1) is 20.3. The van der Waals surface area contributed by atoms with Crippen LogP contribution in [-0.4, -0.2) is 72.6 Å². The Morgan fingerprint density at radius 1 is 1.15 bits per heavy atom. The van der Waals surface area contributed by atoms with Crippen LogP contribution in [0.15, 0.2) is 4.99 Å². The molecule has 148 valence electrons. The van der Waals surface area contributed by atoms with Crippen molar-refractivity contribution in [3.63, 3.8) is 0 Å². The van der Waals surface area contributed by atoms with Crippen LogP contribution >= 0.6 is 0 Å². The van der Waals surface area contributed by atoms with Gasteiger partial charge in [0.05, 0.1) is 0 Å². The summed E-state index contributed by atoms with van der Waals surface area (Å²) in [6, 6.07) is 0. The van der Waals surface area contributed by atoms with Crippen LogP contribution in [0.1, 0.15) is 46.5 Å². The number of nitrogens with zero attached hydrogens (tertiary/aromatic N) is 3. The molecule has 0 unspecified atom stereocenters. The molecule has 0 aromatic rings. The molecule has 0 spiro atoms. The van der Waals surface area contributed by atoms with Crippen molar-refractivity contribution in [2.75, 3.05) is 39.3 Å². The summed E-state index contributed by atoms with van der Waals surface area (Å²) in [5.74, 6) is 0.899. The summed E-state index contributed by atoms with van der Waals surface area (Å²) in [6.45, 7) is 9.24. The Balaban J connectivity index is 1.62. The van der Waals surface area contributed by atoms with Crippen molar-refractivity contribution in [3.8, 4) is 0 Å². The van der Waals surface area contributed by atoms with E-state index in [1.807, 2.05) is 25.7 Å². The molecule has 1 saturated carbocycles. The second-order valence-corrected chi connectivity index (χ2v) is 7.97. The van der Waals surface area contributed by atoms with Crippen LogP contribution in [0.4, 0.5) is 4.79 Å². The Bertz CT molecular complexity index is 517. The smallest absolute Gasteiger partial charge is 0.410 e. The lowest BCUT2D eigenvalue weighted by Crippen LogP contribution is -2.53. The minimum atomic E-state index is -0.483. The fraction of sp³-hybridized carbons (Fsp3) is 0.833. The Labute approximate surface area is 156 Å². The van der Waals surface area contributed by atoms with Gasteiger partial charge in [-0.1, -0.05) is 6.42 Å². The van der Waals surface area contributed by atoms with Crippen molar-refractivity contribution >= 4 is 18.0 Å². The third kappa shape index (κ3) is 6.38. The molecule has 8 heteroatoms. The fourth-order valence-corrected chi connectivity index (χ4v) is 2.84. The molecule has 2 rings (SSSR count). The van der Waals surface area contributed by atoms with E-state index in [9.17, 15) is 9.59 Å². The number of ether oxygens (including phenoxy) is 1. The zero-order chi connectivity index (χ0) is 19.2. The summed E-state index contributed by atoms with van der Waals surface area (Å²) in [5, 5.41) is 2.95. The topological polar surface area (TPSA) is 100 Å². The molecule has 3 N–H and O–H groups in total. The summed E-state index contributed by atoms with van der Waals surface area (Å²) < 4.78 is 5.39. The van der Waals surface area contributed by atoms with Crippen LogP contribution in [-0.2, 0) is 9.53 Å². The highest BCUT2D eigenvalue weighted by Crippen LogP contribution is 2.26. The van der Waals surface area contributed by atoms with Gasteiger partial charge in [-0.15, -0.1) is 0 Å². The fourth-order valence-electron chi connectivity index (χ4n) is 2.84. The van der Waals surface area contributed by atoms with Crippen molar-refractivity contribution in [2.24, 2.45) is 16.6 Å². The molecule has 0 radical (unpaired) electrons. The molecule has 8 nitrogen and oxygen atoms in total. The highest BCUT2D eigenvalue weighted by molar-refractivity contribution is 5.79. The van der Waals surface area contributed by atoms with E-state index in [2.05, 4.69) is 10.3 Å². The number of nitrogens with two attached hydrogens (primary N) is 1. The number of nitrogens with one attached hydrogen (secondary N) is 1. The minimum absolute atomic E-state index is 0.173. The predicted molar refractivity (Wildman–Crippen MR) is 101 cm³/mol. The summed E-state index contributed by atoms with van der Waals surface area (Å²) >= 11 is 0. The average Bonchev–Trinajstić information content (AvgIpc) is 2.51. The van der Waals surface area contributed by atoms with E-state index < -0.39 is 5.60 Å². The molecule has 0 aromatic heterocycles. The SMILES string of the molecule is CC(C)(C)OC(=O)N1CCN(C(N)=NCCCNC(=O)C2CCC2)CC1. The second-order valence-electron chi connectivity index (χ2n) is 7.97. The first-order valence-corrected chi connectivity index (χ1v) is 9.57. The first-order valence-electron chi connectivity index (χ1n) is 9.57. The molecule has 26 heavy (non-hydrogen) atoms. The normalized spacial score (nSPS) is 19.1. The van der Waals surface area contributed by atoms with Gasteiger partial charge in [0.2, 0.25) is 5.91 Å². The van der Waals surface area contributed by atoms with Gasteiger partial charge in [0.25, 0.3) is 0 Å². The molecule has 1 aliphatic heterocycles. The number of amides is 2. The van der Waals surface area contributed by atoms with Crippen molar-refractivity contribution in [3.05, 3.63) is 0 Å². The highest BCUT2D eigenvalue weighted by atomic mass is 16.6. The van der Waals surface area contributed by atoms with Crippen molar-refractivity contribution in [1.82, 2.24) is 15.1 Å². The van der Waals surface area contributed by atoms with E-state index in [0.717, 1.165) is 19.3 Å². The van der Waals surface area contributed by atoms with Gasteiger partial charge in [-0.25, -0.2) is 4.79 Å². The Morgan fingerprint density at radius 2 is 1.77 bits per heavy atom. The maximum atomic E-state index is 12.1. The maximum absolute atomic E-state index is 12.1. The summed E-state index contributed by atoms with van der Waals surface area (Å²) in [5.41, 5.74) is 5.56. The summed E-state index contributed by atoms with van der Waals surface area (Å²) in [4.78, 5) is 31.8. The Morgan fingerprint density at radius 3 is 2.31 bits per heavy atom. The van der Waals surface area contributed by atoms with E-state index in [1.165, 1.54) is 6.42 Å². The number of hydrogen-bond acceptors (Lipinski definition) is 4. The molecule has 1 saturated heterocycles. The van der Waals surface area contributed by atoms with Crippen LogP contribution < -0.4 is 11.1 Å². The van der Waals surface area contributed by atoms with Gasteiger partial charge in [-0.05, 0) is 40.0 Å². The molecule has 2 fully saturated rings. The molecule has 0 atom stereocenters. The number of aliphatic imine (C=N–C) groups is 1. The van der Waals surface area contributed by atoms with Crippen molar-refractivity contribution in [1.29, 1.82) is 0 Å². The Hall–Kier alpha value is -1.99. The van der Waals surface area contributed by atoms with Crippen LogP contribution in [0.2, 0.25) is 0 Å². The number of hydrogen-bond donors (Lipinski definition) is 2. The number of carbonyl (C=O) groups excluding carboxylic acids is 2. The standard InChI is InChI=1S/C18H33N5O3/c1-18(2,3)26-17(25)23-12-10-22(11-13-23)16(19)21-9-5-8-20-15(24)14-6-4-7-14/h14H,4-13H2,1-3H3,(H2,19,21)(H,20,24). The molecular formula is C18H33N5O3. The lowest BCUT2D eigenvalue weighted by Gasteiger charge is -2.36. The molecule has 2 aliphatic rings. The highest BCUT2D eigenvalue weighted by Gasteiger charge is 2.26. The zero-order valence-electron chi connectivity index (χ0n) is 16.3. The van der Waals surface area contributed by atoms with E-state index in [4.69, 9.17) is 10.5 Å². The average molecular weight is 367 g/mol. The molecule has 1 aliphatic carbocycles. The van der Waals surface area contributed by atoms with Gasteiger partial charge in [0, 0.05) is 45.2 Å². The number of piperazine rings is 1. The zero-order valence-corrected chi connectivity index (χ0v) is 16.3. The molecule has 1 heterocycles. The quantitative estimate of drug-likeness (QED) is 0.431. The lowest BCUT2D eigenvalue weighted by atomic mass is 9.85. The van der Waals surface area contributed by atoms with Crippen molar-refractivity contribution < 1.29 is 14.3 Å². The van der Waals surface area contributed by atoms with Gasteiger partial charge >= 0.3 is 6.09 Å². The van der Waals surface area contributed by atoms with Gasteiger partial charge in [-0.3, -0.25) is 9.79 Å². The maximum Gasteiger partial charge on any atom is 0.410 e. The van der Waals surface area contributed by atoms with Crippen LogP contribution in [0.5, 0.6) is 0 Å². The van der Waals surface area contributed by atoms with E-state index in [1.54, 1.807) is 4.90 Å². The van der Waals surface area contributed by atoms with Crippen LogP contribution in [0, 0.1) is 5.92 Å². The van der Waals surface area contributed by atoms with E-state index in [0.29, 0.717) is 45.2 Å². The molecule has 2 amide bonds. The summed E-state index contributed by atoms with van der Waals surface area (Å²) in [6.07, 6.45) is 3.70.